The fraction of sp³-hybridized carbons (Fsp3) is 0.273. The predicted octanol–water partition coefficient (Wildman–Crippen LogP) is 6.31. The molecule has 0 radical (unpaired) electrons. The predicted molar refractivity (Wildman–Crippen MR) is 157 cm³/mol. The average molecular weight is 576 g/mol. The number of carbonyl (C=O) groups is 2. The minimum Gasteiger partial charge on any atom is -0.481 e. The molecule has 1 unspecified atom stereocenters. The molecule has 1 heterocycles. The van der Waals surface area contributed by atoms with E-state index in [-0.39, 0.29) is 12.1 Å². The number of aromatic nitrogens is 1. The van der Waals surface area contributed by atoms with Gasteiger partial charge in [-0.1, -0.05) is 62.2 Å². The topological polar surface area (TPSA) is 112 Å². The van der Waals surface area contributed by atoms with E-state index in [1.54, 1.807) is 0 Å². The van der Waals surface area contributed by atoms with E-state index in [4.69, 9.17) is 28.5 Å². The van der Waals surface area contributed by atoms with Crippen LogP contribution in [0.4, 0.5) is 10.1 Å². The second-order valence-electron chi connectivity index (χ2n) is 9.12. The Morgan fingerprint density at radius 3 is 2.17 bits per heavy atom. The zero-order valence-corrected chi connectivity index (χ0v) is 21.8. The lowest BCUT2D eigenvalue weighted by molar-refractivity contribution is -0.139. The van der Waals surface area contributed by atoms with Gasteiger partial charge in [0.1, 0.15) is 5.82 Å². The molecule has 0 aliphatic carbocycles. The molecule has 0 saturated heterocycles. The first-order chi connectivity index (χ1) is 27.0. The molecule has 4 aromatic rings. The highest BCUT2D eigenvalue weighted by molar-refractivity contribution is 6.12. The number of halogens is 1. The van der Waals surface area contributed by atoms with Gasteiger partial charge in [0.05, 0.1) is 49.1 Å². The van der Waals surface area contributed by atoms with E-state index in [9.17, 15) is 14.7 Å². The summed E-state index contributed by atoms with van der Waals surface area (Å²) < 4.78 is 157. The molecule has 1 aromatic heterocycles. The fourth-order valence-electron chi connectivity index (χ4n) is 4.36. The third-order valence-corrected chi connectivity index (χ3v) is 5.90. The van der Waals surface area contributed by atoms with Crippen LogP contribution in [0.2, 0.25) is 0 Å². The van der Waals surface area contributed by atoms with Crippen LogP contribution >= 0.6 is 0 Å². The number of carbonyl (C=O) groups excluding carboxylic acids is 1. The number of hydrogen-bond donors (Lipinski definition) is 4. The third kappa shape index (κ3) is 7.28. The largest absolute Gasteiger partial charge is 0.481 e. The molecule has 3 atom stereocenters. The maximum atomic E-state index is 15.1. The van der Waals surface area contributed by atoms with Gasteiger partial charge in [-0.3, -0.25) is 9.59 Å². The highest BCUT2D eigenvalue weighted by Crippen LogP contribution is 2.42. The number of benzene rings is 3. The number of carboxylic acids is 1. The molecule has 0 aliphatic heterocycles. The number of hydrogen-bond acceptors (Lipinski definition) is 4. The molecular weight excluding hydrogens is 523 g/mol. The Morgan fingerprint density at radius 2 is 1.59 bits per heavy atom. The summed E-state index contributed by atoms with van der Waals surface area (Å²) in [5.74, 6) is -5.40. The number of aliphatic hydroxyl groups is 2. The number of aliphatic carboxylic acids is 1. The molecule has 1 amide bonds. The molecular formula is C33H35FN2O5. The molecule has 8 heteroatoms. The van der Waals surface area contributed by atoms with Crippen molar-refractivity contribution in [1.82, 2.24) is 4.57 Å². The molecule has 3 aromatic carbocycles. The Bertz CT molecular complexity index is 2240. The van der Waals surface area contributed by atoms with Crippen molar-refractivity contribution in [2.45, 2.75) is 57.8 Å². The molecule has 41 heavy (non-hydrogen) atoms. The van der Waals surface area contributed by atoms with E-state index >= 15 is 4.39 Å². The molecule has 0 spiro atoms. The molecule has 0 bridgehead atoms. The normalized spacial score (nSPS) is 19.3. The van der Waals surface area contributed by atoms with E-state index in [0.717, 1.165) is 0 Å². The van der Waals surface area contributed by atoms with E-state index in [1.165, 1.54) is 18.4 Å². The SMILES string of the molecule is [2H]O[C@H](CCn1c(-c2c([2H])c([2H])c(F)c([2H])c2[2H])c(-c2c([2H])c([2H])c([2H])c([2H])c2[2H])c(C(=O)Nc2c([2H])c([2H])c([2H])c([2H])c2[2H])c1C(C)C)C[C@@H](O[2H])C([2H])C(=O)O. The van der Waals surface area contributed by atoms with Crippen LogP contribution in [0.15, 0.2) is 84.6 Å². The van der Waals surface area contributed by atoms with E-state index < -0.39 is 173 Å². The summed E-state index contributed by atoms with van der Waals surface area (Å²) in [6.07, 6.45) is -5.93. The number of nitrogens with one attached hydrogen (secondary N) is 1. The van der Waals surface area contributed by atoms with Gasteiger partial charge < -0.3 is 25.2 Å². The zero-order valence-electron chi connectivity index (χ0n) is 38.8. The van der Waals surface area contributed by atoms with E-state index in [1.807, 2.05) is 0 Å². The van der Waals surface area contributed by atoms with Crippen LogP contribution < -0.4 is 5.32 Å². The zero-order chi connectivity index (χ0) is 44.0. The van der Waals surface area contributed by atoms with E-state index in [2.05, 4.69) is 10.4 Å². The van der Waals surface area contributed by atoms with Crippen molar-refractivity contribution in [3.05, 3.63) is 102 Å². The lowest BCUT2D eigenvalue weighted by Crippen LogP contribution is -2.22. The number of para-hydroxylation sites is 1. The van der Waals surface area contributed by atoms with Crippen molar-refractivity contribution >= 4 is 17.6 Å². The van der Waals surface area contributed by atoms with Gasteiger partial charge in [0, 0.05) is 24.9 Å². The molecule has 4 rings (SSSR count). The van der Waals surface area contributed by atoms with Gasteiger partial charge in [-0.25, -0.2) is 4.39 Å². The van der Waals surface area contributed by atoms with Gasteiger partial charge in [-0.05, 0) is 66.1 Å². The summed E-state index contributed by atoms with van der Waals surface area (Å²) in [5.41, 5.74) is -4.06. The minimum absolute atomic E-state index is 0.135. The first-order valence-electron chi connectivity index (χ1n) is 20.7. The minimum atomic E-state index is -2.00. The molecule has 0 fully saturated rings. The van der Waals surface area contributed by atoms with Gasteiger partial charge in [0.25, 0.3) is 5.91 Å². The van der Waals surface area contributed by atoms with Crippen molar-refractivity contribution in [2.75, 3.05) is 5.32 Å². The van der Waals surface area contributed by atoms with Crippen LogP contribution in [-0.2, 0) is 11.3 Å². The van der Waals surface area contributed by atoms with Crippen molar-refractivity contribution in [3.63, 3.8) is 0 Å². The Balaban J connectivity index is 2.26. The lowest BCUT2D eigenvalue weighted by Gasteiger charge is -2.20. The highest BCUT2D eigenvalue weighted by atomic mass is 19.1. The van der Waals surface area contributed by atoms with Gasteiger partial charge >= 0.3 is 5.97 Å². The van der Waals surface area contributed by atoms with Crippen molar-refractivity contribution < 1.29 is 49.9 Å². The van der Waals surface area contributed by atoms with Crippen LogP contribution in [-0.4, -0.2) is 46.8 Å². The van der Waals surface area contributed by atoms with Gasteiger partial charge in [-0.15, -0.1) is 0 Å². The van der Waals surface area contributed by atoms with Gasteiger partial charge in [0.15, 0.2) is 0 Å². The first kappa shape index (κ1) is 14.6. The van der Waals surface area contributed by atoms with Gasteiger partial charge in [0.2, 0.25) is 2.86 Å². The molecule has 7 nitrogen and oxygen atoms in total. The molecule has 4 N–H and O–H groups in total. The second kappa shape index (κ2) is 13.4. The summed E-state index contributed by atoms with van der Waals surface area (Å²) in [7, 11) is 0. The Kier molecular flexibility index (Phi) is 4.76. The van der Waals surface area contributed by atoms with E-state index in [0.29, 0.717) is 0 Å². The summed E-state index contributed by atoms with van der Waals surface area (Å²) in [6, 6.07) is -13.2. The number of amides is 1. The van der Waals surface area contributed by atoms with Crippen LogP contribution in [0.5, 0.6) is 0 Å². The van der Waals surface area contributed by atoms with Crippen LogP contribution in [0.25, 0.3) is 22.4 Å². The number of aliphatic hydroxyl groups excluding tert-OH is 2. The van der Waals surface area contributed by atoms with Crippen molar-refractivity contribution in [2.24, 2.45) is 0 Å². The number of anilines is 1. The summed E-state index contributed by atoms with van der Waals surface area (Å²) >= 11 is 0. The Labute approximate surface area is 263 Å². The number of nitrogens with zero attached hydrogens (tertiary/aromatic N) is 1. The Hall–Kier alpha value is -4.27. The van der Waals surface area contributed by atoms with Crippen molar-refractivity contribution in [1.29, 1.82) is 2.86 Å². The summed E-state index contributed by atoms with van der Waals surface area (Å²) in [6.45, 7) is 2.54. The monoisotopic (exact) mass is 575 g/mol. The average Bonchev–Trinajstić information content (AvgIpc) is 3.52. The first-order valence-corrected chi connectivity index (χ1v) is 12.3. The quantitative estimate of drug-likeness (QED) is 0.141. The fourth-order valence-corrected chi connectivity index (χ4v) is 4.36. The van der Waals surface area contributed by atoms with Crippen LogP contribution in [0.1, 0.15) is 75.6 Å². The van der Waals surface area contributed by atoms with Crippen molar-refractivity contribution in [3.8, 4) is 22.4 Å². The number of rotatable bonds is 14. The third-order valence-electron chi connectivity index (χ3n) is 5.90. The molecule has 0 aliphatic rings. The van der Waals surface area contributed by atoms with Gasteiger partial charge in [-0.2, -0.15) is 0 Å². The Morgan fingerprint density at radius 1 is 0.951 bits per heavy atom. The maximum absolute atomic E-state index is 15.1. The molecule has 214 valence electrons. The smallest absolute Gasteiger partial charge is 0.305 e. The second-order valence-corrected chi connectivity index (χ2v) is 9.12. The highest BCUT2D eigenvalue weighted by Gasteiger charge is 2.31. The van der Waals surface area contributed by atoms with Crippen LogP contribution in [0.3, 0.4) is 0 Å². The number of carboxylic acid groups (broad SMARTS) is 1. The molecule has 0 saturated carbocycles. The standard InChI is InChI=1S/C33H35FN2O5/c1-21(2)31-30(33(41)35-25-11-7-4-8-12-25)29(22-9-5-3-6-10-22)32(23-13-15-24(34)16-14-23)36(31)18-17-26(37)19-27(38)20-28(39)40/h3-16,21,26-27,37-38H,17-20H2,1-2H3,(H,35,41)(H,39,40)/t26-,27-/m1/s1/i3D,4D,5D,6D,7D,8D,9D,10D,11D,12D,13D,14D,15D,16D,20D,37D,38D/t20?,26-,27-. The maximum Gasteiger partial charge on any atom is 0.305 e. The summed E-state index contributed by atoms with van der Waals surface area (Å²) in [5, 5.41) is 20.8. The lowest BCUT2D eigenvalue weighted by atomic mass is 9.94. The summed E-state index contributed by atoms with van der Waals surface area (Å²) in [4.78, 5) is 26.3. The van der Waals surface area contributed by atoms with Crippen LogP contribution in [0, 0.1) is 5.82 Å².